The van der Waals surface area contributed by atoms with Crippen LogP contribution in [0.3, 0.4) is 0 Å². The number of benzene rings is 2. The van der Waals surface area contributed by atoms with Gasteiger partial charge in [0.2, 0.25) is 0 Å². The monoisotopic (exact) mass is 410 g/mol. The predicted molar refractivity (Wildman–Crippen MR) is 127 cm³/mol. The van der Waals surface area contributed by atoms with E-state index in [0.717, 1.165) is 88.0 Å². The molecule has 7 heteroatoms. The lowest BCUT2D eigenvalue weighted by molar-refractivity contribution is 0.604. The van der Waals surface area contributed by atoms with E-state index in [2.05, 4.69) is 43.8 Å². The van der Waals surface area contributed by atoms with Crippen molar-refractivity contribution >= 4 is 51.4 Å². The van der Waals surface area contributed by atoms with Crippen LogP contribution in [0.15, 0.2) is 56.9 Å². The Morgan fingerprint density at radius 3 is 2.35 bits per heavy atom. The minimum Gasteiger partial charge on any atom is -0.457 e. The summed E-state index contributed by atoms with van der Waals surface area (Å²) in [6.07, 6.45) is 3.90. The zero-order valence-electron chi connectivity index (χ0n) is 16.9. The number of H-pyrrole nitrogens is 1. The normalized spacial score (nSPS) is 16.1. The molecule has 0 saturated heterocycles. The van der Waals surface area contributed by atoms with Gasteiger partial charge in [0.15, 0.2) is 0 Å². The molecular formula is C24H22N6O. The maximum absolute atomic E-state index is 6.39. The second kappa shape index (κ2) is 7.05. The highest BCUT2D eigenvalue weighted by molar-refractivity contribution is 6.05. The van der Waals surface area contributed by atoms with Crippen molar-refractivity contribution in [3.63, 3.8) is 0 Å². The van der Waals surface area contributed by atoms with E-state index >= 15 is 0 Å². The van der Waals surface area contributed by atoms with Crippen LogP contribution in [0.25, 0.3) is 34.0 Å². The molecule has 2 aliphatic heterocycles. The molecule has 0 spiro atoms. The predicted octanol–water partition coefficient (Wildman–Crippen LogP) is 3.37. The smallest absolute Gasteiger partial charge is 0.134 e. The third-order valence-corrected chi connectivity index (χ3v) is 5.71. The van der Waals surface area contributed by atoms with Gasteiger partial charge >= 0.3 is 0 Å². The SMILES string of the molecule is Nc1c(C=Cc2cc3cc(C4=NCCN4)ccc3o2)[nH]c2cc(C3=NCCN3)ccc12. The van der Waals surface area contributed by atoms with Crippen LogP contribution in [0.1, 0.15) is 22.6 Å². The van der Waals surface area contributed by atoms with E-state index in [-0.39, 0.29) is 0 Å². The van der Waals surface area contributed by atoms with E-state index in [9.17, 15) is 0 Å². The van der Waals surface area contributed by atoms with Gasteiger partial charge in [-0.15, -0.1) is 0 Å². The molecule has 0 bridgehead atoms. The van der Waals surface area contributed by atoms with Gasteiger partial charge in [0.1, 0.15) is 23.0 Å². The molecule has 2 aromatic carbocycles. The van der Waals surface area contributed by atoms with Crippen molar-refractivity contribution in [1.82, 2.24) is 15.6 Å². The molecule has 7 nitrogen and oxygen atoms in total. The van der Waals surface area contributed by atoms with Gasteiger partial charge < -0.3 is 25.8 Å². The summed E-state index contributed by atoms with van der Waals surface area (Å²) in [5.74, 6) is 2.66. The highest BCUT2D eigenvalue weighted by atomic mass is 16.3. The Balaban J connectivity index is 1.30. The van der Waals surface area contributed by atoms with E-state index in [1.54, 1.807) is 0 Å². The highest BCUT2D eigenvalue weighted by Crippen LogP contribution is 2.28. The number of fused-ring (bicyclic) bond motifs is 2. The van der Waals surface area contributed by atoms with Crippen molar-refractivity contribution in [3.8, 4) is 0 Å². The van der Waals surface area contributed by atoms with Gasteiger partial charge in [-0.2, -0.15) is 0 Å². The molecule has 154 valence electrons. The van der Waals surface area contributed by atoms with E-state index in [1.165, 1.54) is 0 Å². The summed E-state index contributed by atoms with van der Waals surface area (Å²) >= 11 is 0. The van der Waals surface area contributed by atoms with E-state index in [0.29, 0.717) is 0 Å². The van der Waals surface area contributed by atoms with Crippen LogP contribution >= 0.6 is 0 Å². The van der Waals surface area contributed by atoms with Crippen LogP contribution in [0.2, 0.25) is 0 Å². The van der Waals surface area contributed by atoms with Crippen LogP contribution in [-0.4, -0.2) is 42.8 Å². The largest absolute Gasteiger partial charge is 0.457 e. The minimum atomic E-state index is 0.725. The van der Waals surface area contributed by atoms with E-state index < -0.39 is 0 Å². The first-order valence-electron chi connectivity index (χ1n) is 10.4. The Labute approximate surface area is 178 Å². The number of aliphatic imine (C=N–C) groups is 2. The molecule has 2 aliphatic rings. The van der Waals surface area contributed by atoms with Crippen LogP contribution < -0.4 is 16.4 Å². The van der Waals surface area contributed by atoms with E-state index in [1.807, 2.05) is 36.4 Å². The molecular weight excluding hydrogens is 388 g/mol. The topological polar surface area (TPSA) is 104 Å². The Hall–Kier alpha value is -4.00. The number of amidine groups is 2. The van der Waals surface area contributed by atoms with Crippen molar-refractivity contribution < 1.29 is 4.42 Å². The zero-order valence-corrected chi connectivity index (χ0v) is 16.9. The van der Waals surface area contributed by atoms with Crippen molar-refractivity contribution in [2.45, 2.75) is 0 Å². The number of aromatic nitrogens is 1. The number of rotatable bonds is 4. The molecule has 0 unspecified atom stereocenters. The molecule has 5 N–H and O–H groups in total. The van der Waals surface area contributed by atoms with Gasteiger partial charge in [-0.05, 0) is 42.5 Å². The van der Waals surface area contributed by atoms with Crippen LogP contribution in [0.4, 0.5) is 5.69 Å². The quantitative estimate of drug-likeness (QED) is 0.414. The van der Waals surface area contributed by atoms with Crippen LogP contribution in [0.5, 0.6) is 0 Å². The maximum Gasteiger partial charge on any atom is 0.134 e. The number of aromatic amines is 1. The van der Waals surface area contributed by atoms with Crippen molar-refractivity contribution in [3.05, 3.63) is 65.0 Å². The second-order valence-electron chi connectivity index (χ2n) is 7.76. The number of hydrogen-bond acceptors (Lipinski definition) is 6. The Kier molecular flexibility index (Phi) is 4.06. The molecule has 0 fully saturated rings. The van der Waals surface area contributed by atoms with Crippen LogP contribution in [0, 0.1) is 0 Å². The number of anilines is 1. The molecule has 0 aliphatic carbocycles. The first kappa shape index (κ1) is 17.8. The summed E-state index contributed by atoms with van der Waals surface area (Å²) in [4.78, 5) is 12.4. The maximum atomic E-state index is 6.39. The average Bonchev–Trinajstić information content (AvgIpc) is 3.59. The van der Waals surface area contributed by atoms with Gasteiger partial charge in [0.25, 0.3) is 0 Å². The van der Waals surface area contributed by atoms with Crippen molar-refractivity contribution in [2.75, 3.05) is 31.9 Å². The fourth-order valence-electron chi connectivity index (χ4n) is 4.16. The third kappa shape index (κ3) is 3.15. The number of nitrogens with zero attached hydrogens (tertiary/aromatic N) is 2. The molecule has 6 rings (SSSR count). The second-order valence-corrected chi connectivity index (χ2v) is 7.76. The fraction of sp³-hybridized carbons (Fsp3) is 0.167. The van der Waals surface area contributed by atoms with Gasteiger partial charge in [-0.1, -0.05) is 12.1 Å². The average molecular weight is 410 g/mol. The summed E-state index contributed by atoms with van der Waals surface area (Å²) in [6, 6.07) is 14.3. The number of hydrogen-bond donors (Lipinski definition) is 4. The minimum absolute atomic E-state index is 0.725. The standard InChI is InChI=1S/C24H22N6O/c25-22-18-4-1-15(24-28-9-10-29-24)13-20(18)30-19(22)5-3-17-12-16-11-14(2-6-21(16)31-17)23-26-7-8-27-23/h1-6,11-13,30H,7-10,25H2,(H,26,27)(H,28,29). The molecule has 0 amide bonds. The lowest BCUT2D eigenvalue weighted by Gasteiger charge is -2.02. The lowest BCUT2D eigenvalue weighted by atomic mass is 10.1. The van der Waals surface area contributed by atoms with Crippen molar-refractivity contribution in [2.24, 2.45) is 9.98 Å². The van der Waals surface area contributed by atoms with Gasteiger partial charge in [0, 0.05) is 40.5 Å². The number of furan rings is 1. The summed E-state index contributed by atoms with van der Waals surface area (Å²) in [7, 11) is 0. The van der Waals surface area contributed by atoms with Crippen LogP contribution in [-0.2, 0) is 0 Å². The summed E-state index contributed by atoms with van der Waals surface area (Å²) in [6.45, 7) is 3.42. The van der Waals surface area contributed by atoms with Crippen molar-refractivity contribution in [1.29, 1.82) is 0 Å². The lowest BCUT2D eigenvalue weighted by Crippen LogP contribution is -2.19. The fourth-order valence-corrected chi connectivity index (χ4v) is 4.16. The van der Waals surface area contributed by atoms with Gasteiger partial charge in [0.05, 0.1) is 24.5 Å². The van der Waals surface area contributed by atoms with E-state index in [4.69, 9.17) is 10.2 Å². The Morgan fingerprint density at radius 2 is 1.61 bits per heavy atom. The summed E-state index contributed by atoms with van der Waals surface area (Å²) < 4.78 is 5.98. The molecule has 4 heterocycles. The van der Waals surface area contributed by atoms with Gasteiger partial charge in [-0.25, -0.2) is 0 Å². The molecule has 0 radical (unpaired) electrons. The molecule has 0 atom stereocenters. The summed E-state index contributed by atoms with van der Waals surface area (Å²) in [5.41, 5.74) is 12.0. The Morgan fingerprint density at radius 1 is 0.871 bits per heavy atom. The summed E-state index contributed by atoms with van der Waals surface area (Å²) in [5, 5.41) is 8.66. The third-order valence-electron chi connectivity index (χ3n) is 5.71. The Bertz CT molecular complexity index is 1400. The first-order chi connectivity index (χ1) is 15.2. The molecule has 31 heavy (non-hydrogen) atoms. The van der Waals surface area contributed by atoms with Gasteiger partial charge in [-0.3, -0.25) is 9.98 Å². The molecule has 2 aromatic heterocycles. The highest BCUT2D eigenvalue weighted by Gasteiger charge is 2.13. The molecule has 0 saturated carbocycles. The number of nitrogen functional groups attached to an aromatic ring is 1. The number of nitrogens with one attached hydrogen (secondary N) is 3. The zero-order chi connectivity index (χ0) is 20.8. The number of nitrogens with two attached hydrogens (primary N) is 1. The first-order valence-corrected chi connectivity index (χ1v) is 10.4. The molecule has 4 aromatic rings.